The maximum absolute atomic E-state index is 13.0. The second kappa shape index (κ2) is 12.7. The van der Waals surface area contributed by atoms with Crippen LogP contribution < -0.4 is 15.4 Å². The van der Waals surface area contributed by atoms with E-state index in [9.17, 15) is 18.0 Å². The number of benzene rings is 2. The zero-order valence-corrected chi connectivity index (χ0v) is 24.4. The van der Waals surface area contributed by atoms with Crippen LogP contribution in [0.1, 0.15) is 37.6 Å². The number of rotatable bonds is 12. The molecule has 2 aromatic carbocycles. The van der Waals surface area contributed by atoms with Gasteiger partial charge in [-0.3, -0.25) is 14.3 Å². The molecule has 0 fully saturated rings. The van der Waals surface area contributed by atoms with Gasteiger partial charge in [-0.25, -0.2) is 13.4 Å². The maximum atomic E-state index is 13.0. The zero-order chi connectivity index (χ0) is 29.6. The number of aromatic amines is 1. The van der Waals surface area contributed by atoms with Gasteiger partial charge in [0.15, 0.2) is 5.95 Å². The van der Waals surface area contributed by atoms with Crippen LogP contribution in [0.4, 0.5) is 5.95 Å². The lowest BCUT2D eigenvalue weighted by Gasteiger charge is -2.24. The Bertz CT molecular complexity index is 1600. The summed E-state index contributed by atoms with van der Waals surface area (Å²) >= 11 is 5.87. The highest BCUT2D eigenvalue weighted by Crippen LogP contribution is 2.18. The maximum Gasteiger partial charge on any atom is 0.326 e. The van der Waals surface area contributed by atoms with Crippen LogP contribution in [0.3, 0.4) is 0 Å². The number of amides is 1. The number of hydrogen-bond acceptors (Lipinski definition) is 8. The summed E-state index contributed by atoms with van der Waals surface area (Å²) < 4.78 is 35.5. The van der Waals surface area contributed by atoms with Crippen molar-refractivity contribution in [3.05, 3.63) is 71.6 Å². The molecule has 0 unspecified atom stereocenters. The van der Waals surface area contributed by atoms with Gasteiger partial charge in [0, 0.05) is 48.0 Å². The molecule has 4 N–H and O–H groups in total. The van der Waals surface area contributed by atoms with E-state index in [0.29, 0.717) is 29.6 Å². The predicted molar refractivity (Wildman–Crippen MR) is 155 cm³/mol. The fourth-order valence-corrected chi connectivity index (χ4v) is 5.23. The molecular formula is C27H32ClN7O5S. The smallest absolute Gasteiger partial charge is 0.326 e. The highest BCUT2D eigenvalue weighted by atomic mass is 35.5. The van der Waals surface area contributed by atoms with Gasteiger partial charge >= 0.3 is 5.97 Å². The average Bonchev–Trinajstić information content (AvgIpc) is 3.57. The van der Waals surface area contributed by atoms with Crippen molar-refractivity contribution < 1.29 is 22.7 Å². The first kappa shape index (κ1) is 30.0. The number of nitrogens with zero attached hydrogens (tertiary/aromatic N) is 3. The molecule has 0 saturated carbocycles. The topological polar surface area (TPSA) is 160 Å². The minimum absolute atomic E-state index is 0.0824. The average molecular weight is 602 g/mol. The summed E-state index contributed by atoms with van der Waals surface area (Å²) in [6, 6.07) is 9.26. The first-order valence-electron chi connectivity index (χ1n) is 12.9. The SMILES string of the molecule is CC(C)(C)OC(=O)[C@H](CNC(=O)c1ccc2c(cnn2CCCNc2ncc[nH]2)c1)NS(=O)(=O)c1ccc(Cl)cc1. The fourth-order valence-electron chi connectivity index (χ4n) is 3.92. The summed E-state index contributed by atoms with van der Waals surface area (Å²) in [5.74, 6) is -0.604. The van der Waals surface area contributed by atoms with Gasteiger partial charge in [0.25, 0.3) is 5.91 Å². The number of esters is 1. The lowest BCUT2D eigenvalue weighted by Crippen LogP contribution is -2.50. The van der Waals surface area contributed by atoms with Gasteiger partial charge in [-0.15, -0.1) is 0 Å². The van der Waals surface area contributed by atoms with Gasteiger partial charge in [0.1, 0.15) is 11.6 Å². The van der Waals surface area contributed by atoms with Crippen molar-refractivity contribution in [2.45, 2.75) is 50.3 Å². The number of anilines is 1. The quantitative estimate of drug-likeness (QED) is 0.142. The number of sulfonamides is 1. The molecule has 0 aliphatic carbocycles. The number of nitrogens with one attached hydrogen (secondary N) is 4. The van der Waals surface area contributed by atoms with Crippen LogP contribution in [0.15, 0.2) is 66.0 Å². The number of halogens is 1. The molecule has 0 saturated heterocycles. The van der Waals surface area contributed by atoms with Gasteiger partial charge in [0.2, 0.25) is 10.0 Å². The van der Waals surface area contributed by atoms with E-state index in [1.54, 1.807) is 57.6 Å². The molecule has 218 valence electrons. The number of aryl methyl sites for hydroxylation is 1. The Hall–Kier alpha value is -3.94. The Labute approximate surface area is 242 Å². The Morgan fingerprint density at radius 2 is 1.90 bits per heavy atom. The second-order valence-corrected chi connectivity index (χ2v) is 12.4. The van der Waals surface area contributed by atoms with E-state index in [4.69, 9.17) is 16.3 Å². The predicted octanol–water partition coefficient (Wildman–Crippen LogP) is 3.33. The molecule has 4 rings (SSSR count). The number of ether oxygens (including phenoxy) is 1. The third-order valence-corrected chi connectivity index (χ3v) is 7.56. The summed E-state index contributed by atoms with van der Waals surface area (Å²) in [5, 5.41) is 11.4. The Morgan fingerprint density at radius 3 is 2.59 bits per heavy atom. The molecule has 0 radical (unpaired) electrons. The largest absolute Gasteiger partial charge is 0.459 e. The number of carbonyl (C=O) groups is 2. The molecular weight excluding hydrogens is 570 g/mol. The molecule has 0 aliphatic rings. The van der Waals surface area contributed by atoms with Crippen LogP contribution in [0, 0.1) is 0 Å². The van der Waals surface area contributed by atoms with Crippen LogP contribution >= 0.6 is 11.6 Å². The summed E-state index contributed by atoms with van der Waals surface area (Å²) in [6.07, 6.45) is 5.90. The molecule has 12 nitrogen and oxygen atoms in total. The van der Waals surface area contributed by atoms with Gasteiger partial charge in [-0.2, -0.15) is 9.82 Å². The van der Waals surface area contributed by atoms with E-state index in [1.807, 2.05) is 4.68 Å². The summed E-state index contributed by atoms with van der Waals surface area (Å²) in [5.41, 5.74) is 0.326. The van der Waals surface area contributed by atoms with Crippen LogP contribution in [0.2, 0.25) is 5.02 Å². The highest BCUT2D eigenvalue weighted by molar-refractivity contribution is 7.89. The van der Waals surface area contributed by atoms with Crippen LogP contribution in [-0.4, -0.2) is 64.8 Å². The van der Waals surface area contributed by atoms with E-state index < -0.39 is 33.5 Å². The van der Waals surface area contributed by atoms with E-state index >= 15 is 0 Å². The van der Waals surface area contributed by atoms with Crippen molar-refractivity contribution in [3.63, 3.8) is 0 Å². The Balaban J connectivity index is 1.41. The van der Waals surface area contributed by atoms with Gasteiger partial charge in [-0.1, -0.05) is 11.6 Å². The molecule has 1 atom stereocenters. The van der Waals surface area contributed by atoms with E-state index in [1.165, 1.54) is 24.3 Å². The minimum Gasteiger partial charge on any atom is -0.459 e. The normalized spacial score (nSPS) is 12.7. The van der Waals surface area contributed by atoms with Crippen LogP contribution in [0.25, 0.3) is 10.9 Å². The molecule has 0 aliphatic heterocycles. The molecule has 2 aromatic heterocycles. The third-order valence-electron chi connectivity index (χ3n) is 5.82. The van der Waals surface area contributed by atoms with E-state index in [0.717, 1.165) is 17.3 Å². The molecule has 4 aromatic rings. The van der Waals surface area contributed by atoms with Gasteiger partial charge < -0.3 is 20.4 Å². The van der Waals surface area contributed by atoms with Gasteiger partial charge in [-0.05, 0) is 69.7 Å². The number of hydrogen-bond donors (Lipinski definition) is 4. The fraction of sp³-hybridized carbons (Fsp3) is 0.333. The molecule has 41 heavy (non-hydrogen) atoms. The minimum atomic E-state index is -4.12. The third kappa shape index (κ3) is 8.28. The van der Waals surface area contributed by atoms with Crippen molar-refractivity contribution in [1.29, 1.82) is 0 Å². The number of carbonyl (C=O) groups excluding carboxylic acids is 2. The first-order chi connectivity index (χ1) is 19.4. The van der Waals surface area contributed by atoms with Crippen LogP contribution in [0.5, 0.6) is 0 Å². The number of aromatic nitrogens is 4. The number of imidazole rings is 1. The molecule has 2 heterocycles. The van der Waals surface area contributed by atoms with Crippen molar-refractivity contribution in [1.82, 2.24) is 29.8 Å². The highest BCUT2D eigenvalue weighted by Gasteiger charge is 2.30. The monoisotopic (exact) mass is 601 g/mol. The molecule has 14 heteroatoms. The molecule has 0 bridgehead atoms. The molecule has 1 amide bonds. The van der Waals surface area contributed by atoms with Crippen molar-refractivity contribution in [2.75, 3.05) is 18.4 Å². The van der Waals surface area contributed by atoms with E-state index in [2.05, 4.69) is 30.4 Å². The lowest BCUT2D eigenvalue weighted by molar-refractivity contribution is -0.156. The van der Waals surface area contributed by atoms with E-state index in [-0.39, 0.29) is 11.4 Å². The summed E-state index contributed by atoms with van der Waals surface area (Å²) in [7, 11) is -4.12. The number of H-pyrrole nitrogens is 1. The molecule has 0 spiro atoms. The van der Waals surface area contributed by atoms with Crippen molar-refractivity contribution in [2.24, 2.45) is 0 Å². The van der Waals surface area contributed by atoms with Crippen molar-refractivity contribution in [3.8, 4) is 0 Å². The van der Waals surface area contributed by atoms with Crippen molar-refractivity contribution >= 4 is 50.4 Å². The Kier molecular flexibility index (Phi) is 9.31. The standard InChI is InChI=1S/C27H32ClN7O5S/c1-27(2,3)40-25(37)22(34-41(38,39)21-8-6-20(28)7-9-21)17-32-24(36)18-5-10-23-19(15-18)16-33-35(23)14-4-11-29-26-30-12-13-31-26/h5-10,12-13,15-16,22,34H,4,11,14,17H2,1-3H3,(H,32,36)(H2,29,30,31)/t22-/m0/s1. The zero-order valence-electron chi connectivity index (χ0n) is 22.8. The lowest BCUT2D eigenvalue weighted by atomic mass is 10.1. The second-order valence-electron chi connectivity index (χ2n) is 10.2. The first-order valence-corrected chi connectivity index (χ1v) is 14.8. The van der Waals surface area contributed by atoms with Gasteiger partial charge in [0.05, 0.1) is 16.6 Å². The van der Waals surface area contributed by atoms with Crippen LogP contribution in [-0.2, 0) is 26.1 Å². The number of fused-ring (bicyclic) bond motifs is 1. The summed E-state index contributed by atoms with van der Waals surface area (Å²) in [4.78, 5) is 32.9. The summed E-state index contributed by atoms with van der Waals surface area (Å²) in [6.45, 7) is 6.03. The Morgan fingerprint density at radius 1 is 1.15 bits per heavy atom.